The minimum absolute atomic E-state index is 0.0524. The zero-order chi connectivity index (χ0) is 23.6. The van der Waals surface area contributed by atoms with E-state index in [9.17, 15) is 14.4 Å². The van der Waals surface area contributed by atoms with Gasteiger partial charge in [0.05, 0.1) is 19.3 Å². The number of aromatic nitrogens is 2. The van der Waals surface area contributed by atoms with Crippen molar-refractivity contribution in [3.63, 3.8) is 0 Å². The van der Waals surface area contributed by atoms with E-state index in [1.807, 2.05) is 0 Å². The molecule has 0 radical (unpaired) electrons. The molecule has 1 saturated heterocycles. The van der Waals surface area contributed by atoms with Crippen molar-refractivity contribution in [1.82, 2.24) is 20.4 Å². The molecule has 1 unspecified atom stereocenters. The molecule has 2 saturated carbocycles. The summed E-state index contributed by atoms with van der Waals surface area (Å²) in [5.41, 5.74) is 0. The zero-order valence-electron chi connectivity index (χ0n) is 19.7. The number of ether oxygens (including phenoxy) is 2. The number of amides is 2. The molecule has 1 aliphatic heterocycles. The first kappa shape index (κ1) is 25.1. The molecule has 10 nitrogen and oxygen atoms in total. The monoisotopic (exact) mass is 464 g/mol. The SMILES string of the molecule is CC1CCCCC1.CCC(NC(=O)OCC(=O)N1CCOCC1)C(=O)c1noc(C2CC2)n1. The van der Waals surface area contributed by atoms with Gasteiger partial charge < -0.3 is 24.2 Å². The first-order valence-electron chi connectivity index (χ1n) is 12.1. The van der Waals surface area contributed by atoms with Crippen LogP contribution in [0.25, 0.3) is 0 Å². The van der Waals surface area contributed by atoms with Crippen LogP contribution in [0.15, 0.2) is 4.52 Å². The predicted molar refractivity (Wildman–Crippen MR) is 119 cm³/mol. The standard InChI is InChI=1S/C16H22N4O6.C7H14/c1-2-11(13(22)14-18-15(26-19-14)10-3-4-10)17-16(23)25-9-12(21)20-5-7-24-8-6-20;1-7-5-3-2-4-6-7/h10-11H,2-9H2,1H3,(H,17,23);7H,2-6H2,1H3. The summed E-state index contributed by atoms with van der Waals surface area (Å²) in [5.74, 6) is 0.946. The lowest BCUT2D eigenvalue weighted by atomic mass is 9.91. The summed E-state index contributed by atoms with van der Waals surface area (Å²) in [6.07, 6.45) is 8.90. The number of morpholine rings is 1. The maximum absolute atomic E-state index is 12.4. The lowest BCUT2D eigenvalue weighted by molar-refractivity contribution is -0.138. The second-order valence-electron chi connectivity index (χ2n) is 9.01. The number of ketones is 1. The molecule has 0 aromatic carbocycles. The highest BCUT2D eigenvalue weighted by molar-refractivity contribution is 5.98. The molecule has 3 fully saturated rings. The molecular formula is C23H36N4O6. The molecule has 4 rings (SSSR count). The van der Waals surface area contributed by atoms with Gasteiger partial charge in [-0.15, -0.1) is 0 Å². The maximum Gasteiger partial charge on any atom is 0.408 e. The molecule has 2 amide bonds. The fraction of sp³-hybridized carbons (Fsp3) is 0.783. The highest BCUT2D eigenvalue weighted by atomic mass is 16.6. The highest BCUT2D eigenvalue weighted by Crippen LogP contribution is 2.38. The largest absolute Gasteiger partial charge is 0.439 e. The van der Waals surface area contributed by atoms with Crippen molar-refractivity contribution >= 4 is 17.8 Å². The van der Waals surface area contributed by atoms with Gasteiger partial charge in [-0.3, -0.25) is 9.59 Å². The van der Waals surface area contributed by atoms with E-state index >= 15 is 0 Å². The molecule has 33 heavy (non-hydrogen) atoms. The van der Waals surface area contributed by atoms with Crippen LogP contribution in [0.1, 0.15) is 87.6 Å². The average Bonchev–Trinajstić information content (AvgIpc) is 3.58. The predicted octanol–water partition coefficient (Wildman–Crippen LogP) is 3.08. The number of carbonyl (C=O) groups is 3. The van der Waals surface area contributed by atoms with E-state index in [0.29, 0.717) is 38.6 Å². The van der Waals surface area contributed by atoms with E-state index in [-0.39, 0.29) is 24.3 Å². The lowest BCUT2D eigenvalue weighted by Gasteiger charge is -2.26. The molecule has 1 N–H and O–H groups in total. The van der Waals surface area contributed by atoms with Crippen LogP contribution in [0.3, 0.4) is 0 Å². The number of Topliss-reactive ketones (excluding diaryl/α,β-unsaturated/α-hetero) is 1. The van der Waals surface area contributed by atoms with Gasteiger partial charge in [0.25, 0.3) is 5.91 Å². The molecule has 0 bridgehead atoms. The third-order valence-electron chi connectivity index (χ3n) is 6.19. The number of nitrogens with one attached hydrogen (secondary N) is 1. The Hall–Kier alpha value is -2.49. The number of nitrogens with zero attached hydrogens (tertiary/aromatic N) is 3. The fourth-order valence-corrected chi connectivity index (χ4v) is 3.86. The quantitative estimate of drug-likeness (QED) is 0.611. The van der Waals surface area contributed by atoms with E-state index in [1.54, 1.807) is 11.8 Å². The minimum Gasteiger partial charge on any atom is -0.439 e. The van der Waals surface area contributed by atoms with Gasteiger partial charge in [0.1, 0.15) is 0 Å². The first-order valence-corrected chi connectivity index (χ1v) is 12.1. The minimum atomic E-state index is -0.842. The Bertz CT molecular complexity index is 782. The van der Waals surface area contributed by atoms with E-state index in [0.717, 1.165) is 18.8 Å². The number of hydrogen-bond acceptors (Lipinski definition) is 8. The summed E-state index contributed by atoms with van der Waals surface area (Å²) >= 11 is 0. The molecule has 2 heterocycles. The summed E-state index contributed by atoms with van der Waals surface area (Å²) in [5, 5.41) is 6.14. The van der Waals surface area contributed by atoms with Crippen LogP contribution in [0.2, 0.25) is 0 Å². The Morgan fingerprint density at radius 1 is 1.12 bits per heavy atom. The van der Waals surface area contributed by atoms with Gasteiger partial charge in [-0.1, -0.05) is 51.1 Å². The van der Waals surface area contributed by atoms with Crippen LogP contribution in [0.5, 0.6) is 0 Å². The number of alkyl carbamates (subject to hydrolysis) is 1. The molecule has 1 atom stereocenters. The maximum atomic E-state index is 12.4. The summed E-state index contributed by atoms with van der Waals surface area (Å²) in [6.45, 7) is 5.60. The van der Waals surface area contributed by atoms with Crippen molar-refractivity contribution in [2.24, 2.45) is 5.92 Å². The third kappa shape index (κ3) is 8.10. The fourth-order valence-electron chi connectivity index (χ4n) is 3.86. The van der Waals surface area contributed by atoms with Crippen LogP contribution in [-0.4, -0.2) is 71.8 Å². The van der Waals surface area contributed by atoms with E-state index in [4.69, 9.17) is 14.0 Å². The topological polar surface area (TPSA) is 124 Å². The smallest absolute Gasteiger partial charge is 0.408 e. The van der Waals surface area contributed by atoms with Gasteiger partial charge >= 0.3 is 6.09 Å². The average molecular weight is 465 g/mol. The van der Waals surface area contributed by atoms with Crippen molar-refractivity contribution in [1.29, 1.82) is 0 Å². The number of rotatable bonds is 7. The van der Waals surface area contributed by atoms with E-state index in [2.05, 4.69) is 22.4 Å². The van der Waals surface area contributed by atoms with Gasteiger partial charge in [-0.25, -0.2) is 4.79 Å². The summed E-state index contributed by atoms with van der Waals surface area (Å²) < 4.78 is 15.2. The second-order valence-corrected chi connectivity index (χ2v) is 9.01. The highest BCUT2D eigenvalue weighted by Gasteiger charge is 2.32. The van der Waals surface area contributed by atoms with Crippen molar-refractivity contribution in [2.75, 3.05) is 32.9 Å². The summed E-state index contributed by atoms with van der Waals surface area (Å²) in [7, 11) is 0. The summed E-state index contributed by atoms with van der Waals surface area (Å²) in [4.78, 5) is 41.9. The van der Waals surface area contributed by atoms with Crippen molar-refractivity contribution in [3.8, 4) is 0 Å². The van der Waals surface area contributed by atoms with Gasteiger partial charge in [-0.2, -0.15) is 4.98 Å². The van der Waals surface area contributed by atoms with Crippen LogP contribution >= 0.6 is 0 Å². The Balaban J connectivity index is 0.000000374. The molecule has 3 aliphatic rings. The molecule has 2 aliphatic carbocycles. The van der Waals surface area contributed by atoms with Gasteiger partial charge in [0.2, 0.25) is 17.5 Å². The molecule has 1 aromatic rings. The number of carbonyl (C=O) groups excluding carboxylic acids is 3. The molecule has 184 valence electrons. The third-order valence-corrected chi connectivity index (χ3v) is 6.19. The summed E-state index contributed by atoms with van der Waals surface area (Å²) in [6, 6.07) is -0.842. The molecular weight excluding hydrogens is 428 g/mol. The van der Waals surface area contributed by atoms with Gasteiger partial charge in [0, 0.05) is 19.0 Å². The lowest BCUT2D eigenvalue weighted by Crippen LogP contribution is -2.45. The Labute approximate surface area is 194 Å². The first-order chi connectivity index (χ1) is 16.0. The molecule has 0 spiro atoms. The normalized spacial score (nSPS) is 19.8. The van der Waals surface area contributed by atoms with Gasteiger partial charge in [-0.05, 0) is 25.2 Å². The zero-order valence-corrected chi connectivity index (χ0v) is 19.7. The number of hydrogen-bond donors (Lipinski definition) is 1. The van der Waals surface area contributed by atoms with Crippen LogP contribution < -0.4 is 5.32 Å². The van der Waals surface area contributed by atoms with Crippen molar-refractivity contribution in [2.45, 2.75) is 77.2 Å². The molecule has 10 heteroatoms. The second kappa shape index (κ2) is 12.7. The Kier molecular flexibility index (Phi) is 9.65. The molecule has 1 aromatic heterocycles. The van der Waals surface area contributed by atoms with Crippen LogP contribution in [0.4, 0.5) is 4.79 Å². The van der Waals surface area contributed by atoms with Gasteiger partial charge in [0.15, 0.2) is 6.61 Å². The Morgan fingerprint density at radius 2 is 1.82 bits per heavy atom. The van der Waals surface area contributed by atoms with E-state index < -0.39 is 17.9 Å². The van der Waals surface area contributed by atoms with Crippen molar-refractivity contribution in [3.05, 3.63) is 11.7 Å². The van der Waals surface area contributed by atoms with Crippen molar-refractivity contribution < 1.29 is 28.4 Å². The van der Waals surface area contributed by atoms with Crippen LogP contribution in [-0.2, 0) is 14.3 Å². The van der Waals surface area contributed by atoms with Crippen LogP contribution in [0, 0.1) is 5.92 Å². The van der Waals surface area contributed by atoms with E-state index in [1.165, 1.54) is 32.1 Å². The Morgan fingerprint density at radius 3 is 2.39 bits per heavy atom.